The molecule has 29 heavy (non-hydrogen) atoms. The van der Waals surface area contributed by atoms with Gasteiger partial charge in [0.1, 0.15) is 5.39 Å². The molecule has 0 aliphatic rings. The molecule has 0 fully saturated rings. The number of benzene rings is 2. The van der Waals surface area contributed by atoms with Gasteiger partial charge in [0.15, 0.2) is 16.6 Å². The van der Waals surface area contributed by atoms with Gasteiger partial charge in [-0.3, -0.25) is 19.3 Å². The summed E-state index contributed by atoms with van der Waals surface area (Å²) in [5, 5.41) is 8.38. The number of hydrogen-bond donors (Lipinski definition) is 1. The molecule has 0 spiro atoms. The van der Waals surface area contributed by atoms with Crippen molar-refractivity contribution in [3.05, 3.63) is 86.8 Å². The highest BCUT2D eigenvalue weighted by molar-refractivity contribution is 7.98. The maximum Gasteiger partial charge on any atom is 0.265 e. The molecule has 2 aromatic carbocycles. The molecule has 0 saturated heterocycles. The number of carbonyl (C=O) groups is 1. The summed E-state index contributed by atoms with van der Waals surface area (Å²) in [4.78, 5) is 29.6. The molecular formula is C21H17ClN4O2S. The Hall–Kier alpha value is -2.90. The lowest BCUT2D eigenvalue weighted by molar-refractivity contribution is 0.103. The van der Waals surface area contributed by atoms with Crippen molar-refractivity contribution in [1.29, 1.82) is 0 Å². The molecule has 1 N–H and O–H groups in total. The maximum absolute atomic E-state index is 12.6. The minimum Gasteiger partial charge on any atom is -0.289 e. The Labute approximate surface area is 175 Å². The van der Waals surface area contributed by atoms with Crippen LogP contribution < -0.4 is 5.56 Å². The number of hydrogen-bond acceptors (Lipinski definition) is 5. The van der Waals surface area contributed by atoms with Crippen molar-refractivity contribution in [2.75, 3.05) is 0 Å². The third-order valence-corrected chi connectivity index (χ3v) is 5.84. The number of nitrogens with zero attached hydrogens (tertiary/aromatic N) is 3. The van der Waals surface area contributed by atoms with Crippen LogP contribution in [0.5, 0.6) is 0 Å². The van der Waals surface area contributed by atoms with Crippen LogP contribution in [-0.2, 0) is 12.3 Å². The minimum atomic E-state index is -0.0994. The minimum absolute atomic E-state index is 0.0490. The first kappa shape index (κ1) is 19.4. The van der Waals surface area contributed by atoms with Gasteiger partial charge in [-0.1, -0.05) is 47.6 Å². The van der Waals surface area contributed by atoms with Gasteiger partial charge < -0.3 is 0 Å². The number of ketones is 1. The number of H-pyrrole nitrogens is 1. The lowest BCUT2D eigenvalue weighted by Crippen LogP contribution is -2.22. The van der Waals surface area contributed by atoms with E-state index in [0.717, 1.165) is 5.56 Å². The lowest BCUT2D eigenvalue weighted by Gasteiger charge is -2.09. The summed E-state index contributed by atoms with van der Waals surface area (Å²) in [6.45, 7) is 2.44. The number of rotatable bonds is 6. The summed E-state index contributed by atoms with van der Waals surface area (Å²) in [6, 6.07) is 14.3. The van der Waals surface area contributed by atoms with Crippen LogP contribution in [0.25, 0.3) is 11.0 Å². The SMILES string of the molecule is CCn1c(SCc2ccc(C(=O)c3ccc(Cl)cc3)cc2)nc2[nH]ncc2c1=O. The highest BCUT2D eigenvalue weighted by atomic mass is 35.5. The Morgan fingerprint density at radius 2 is 1.76 bits per heavy atom. The van der Waals surface area contributed by atoms with Gasteiger partial charge in [0.05, 0.1) is 6.20 Å². The number of thioether (sulfide) groups is 1. The van der Waals surface area contributed by atoms with Crippen molar-refractivity contribution in [3.63, 3.8) is 0 Å². The van der Waals surface area contributed by atoms with Crippen molar-refractivity contribution in [2.45, 2.75) is 24.4 Å². The lowest BCUT2D eigenvalue weighted by atomic mass is 10.0. The third-order valence-electron chi connectivity index (χ3n) is 4.54. The molecule has 0 aliphatic carbocycles. The fourth-order valence-electron chi connectivity index (χ4n) is 2.97. The van der Waals surface area contributed by atoms with Crippen LogP contribution in [0.2, 0.25) is 5.02 Å². The van der Waals surface area contributed by atoms with E-state index >= 15 is 0 Å². The van der Waals surface area contributed by atoms with E-state index < -0.39 is 0 Å². The topological polar surface area (TPSA) is 80.6 Å². The fourth-order valence-corrected chi connectivity index (χ4v) is 4.10. The van der Waals surface area contributed by atoms with E-state index in [2.05, 4.69) is 15.2 Å². The predicted molar refractivity (Wildman–Crippen MR) is 115 cm³/mol. The fraction of sp³-hybridized carbons (Fsp3) is 0.143. The van der Waals surface area contributed by atoms with Crippen LogP contribution in [0.4, 0.5) is 0 Å². The number of fused-ring (bicyclic) bond motifs is 1. The summed E-state index contributed by atoms with van der Waals surface area (Å²) in [5.41, 5.74) is 2.64. The van der Waals surface area contributed by atoms with E-state index in [0.29, 0.717) is 44.6 Å². The molecule has 4 rings (SSSR count). The van der Waals surface area contributed by atoms with Gasteiger partial charge in [-0.25, -0.2) is 4.98 Å². The Morgan fingerprint density at radius 1 is 1.10 bits per heavy atom. The Balaban J connectivity index is 1.51. The van der Waals surface area contributed by atoms with E-state index in [1.165, 1.54) is 18.0 Å². The molecule has 0 amide bonds. The van der Waals surface area contributed by atoms with Crippen molar-refractivity contribution in [1.82, 2.24) is 19.7 Å². The molecule has 0 saturated carbocycles. The van der Waals surface area contributed by atoms with E-state index in [1.807, 2.05) is 31.2 Å². The second kappa shape index (κ2) is 8.23. The van der Waals surface area contributed by atoms with Gasteiger partial charge in [0, 0.05) is 28.4 Å². The first-order chi connectivity index (χ1) is 14.1. The molecule has 4 aromatic rings. The summed E-state index contributed by atoms with van der Waals surface area (Å²) in [5.74, 6) is 0.577. The van der Waals surface area contributed by atoms with E-state index in [9.17, 15) is 9.59 Å². The largest absolute Gasteiger partial charge is 0.289 e. The second-order valence-corrected chi connectivity index (χ2v) is 7.78. The predicted octanol–water partition coefficient (Wildman–Crippen LogP) is 4.32. The highest BCUT2D eigenvalue weighted by Crippen LogP contribution is 2.22. The van der Waals surface area contributed by atoms with Crippen LogP contribution in [-0.4, -0.2) is 25.5 Å². The zero-order chi connectivity index (χ0) is 20.4. The molecule has 0 aliphatic heterocycles. The average Bonchev–Trinajstić information content (AvgIpc) is 3.22. The summed E-state index contributed by atoms with van der Waals surface area (Å²) < 4.78 is 1.64. The number of carbonyl (C=O) groups excluding carboxylic acids is 1. The summed E-state index contributed by atoms with van der Waals surface area (Å²) in [7, 11) is 0. The van der Waals surface area contributed by atoms with Crippen LogP contribution in [0.1, 0.15) is 28.4 Å². The third kappa shape index (κ3) is 3.97. The Bertz CT molecular complexity index is 1230. The molecule has 2 heterocycles. The van der Waals surface area contributed by atoms with Gasteiger partial charge >= 0.3 is 0 Å². The van der Waals surface area contributed by atoms with Gasteiger partial charge in [-0.05, 0) is 36.8 Å². The van der Waals surface area contributed by atoms with Crippen LogP contribution >= 0.6 is 23.4 Å². The van der Waals surface area contributed by atoms with Crippen LogP contribution in [0.3, 0.4) is 0 Å². The number of halogens is 1. The highest BCUT2D eigenvalue weighted by Gasteiger charge is 2.13. The maximum atomic E-state index is 12.6. The summed E-state index contributed by atoms with van der Waals surface area (Å²) >= 11 is 7.35. The second-order valence-electron chi connectivity index (χ2n) is 6.40. The number of nitrogens with one attached hydrogen (secondary N) is 1. The molecule has 8 heteroatoms. The van der Waals surface area contributed by atoms with E-state index in [1.54, 1.807) is 28.8 Å². The van der Waals surface area contributed by atoms with Crippen molar-refractivity contribution in [3.8, 4) is 0 Å². The van der Waals surface area contributed by atoms with Crippen molar-refractivity contribution >= 4 is 40.2 Å². The van der Waals surface area contributed by atoms with Crippen molar-refractivity contribution < 1.29 is 4.79 Å². The van der Waals surface area contributed by atoms with Gasteiger partial charge in [-0.2, -0.15) is 5.10 Å². The quantitative estimate of drug-likeness (QED) is 0.283. The first-order valence-corrected chi connectivity index (χ1v) is 10.4. The monoisotopic (exact) mass is 424 g/mol. The first-order valence-electron chi connectivity index (χ1n) is 9.02. The molecule has 0 atom stereocenters. The molecule has 0 radical (unpaired) electrons. The van der Waals surface area contributed by atoms with Gasteiger partial charge in [-0.15, -0.1) is 0 Å². The average molecular weight is 425 g/mol. The normalized spacial score (nSPS) is 11.1. The van der Waals surface area contributed by atoms with Crippen molar-refractivity contribution in [2.24, 2.45) is 0 Å². The smallest absolute Gasteiger partial charge is 0.265 e. The number of aromatic amines is 1. The molecule has 0 bridgehead atoms. The van der Waals surface area contributed by atoms with E-state index in [4.69, 9.17) is 11.6 Å². The zero-order valence-corrected chi connectivity index (χ0v) is 17.1. The molecule has 6 nitrogen and oxygen atoms in total. The van der Waals surface area contributed by atoms with Crippen LogP contribution in [0.15, 0.2) is 64.7 Å². The standard InChI is InChI=1S/C21H17ClN4O2S/c1-2-26-20(28)17-11-23-25-19(17)24-21(26)29-12-13-3-5-14(6-4-13)18(27)15-7-9-16(22)10-8-15/h3-11H,2,12H2,1H3,(H,23,25). The van der Waals surface area contributed by atoms with Gasteiger partial charge in [0.2, 0.25) is 0 Å². The molecule has 146 valence electrons. The molecular weight excluding hydrogens is 408 g/mol. The molecule has 0 unspecified atom stereocenters. The zero-order valence-electron chi connectivity index (χ0n) is 15.6. The van der Waals surface area contributed by atoms with E-state index in [-0.39, 0.29) is 11.3 Å². The van der Waals surface area contributed by atoms with Gasteiger partial charge in [0.25, 0.3) is 5.56 Å². The summed E-state index contributed by atoms with van der Waals surface area (Å²) in [6.07, 6.45) is 1.50. The Morgan fingerprint density at radius 3 is 2.41 bits per heavy atom. The molecule has 2 aromatic heterocycles. The van der Waals surface area contributed by atoms with Crippen LogP contribution in [0, 0.1) is 0 Å². The number of aromatic nitrogens is 4. The Kier molecular flexibility index (Phi) is 5.51.